The topological polar surface area (TPSA) is 76.6 Å². The van der Waals surface area contributed by atoms with Crippen LogP contribution in [0.5, 0.6) is 11.5 Å². The Labute approximate surface area is 144 Å². The van der Waals surface area contributed by atoms with Gasteiger partial charge in [-0.3, -0.25) is 5.32 Å². The summed E-state index contributed by atoms with van der Waals surface area (Å²) in [7, 11) is 1.71. The van der Waals surface area contributed by atoms with Crippen molar-refractivity contribution in [1.82, 2.24) is 15.1 Å². The third-order valence-corrected chi connectivity index (χ3v) is 4.68. The highest BCUT2D eigenvalue weighted by Gasteiger charge is 2.24. The van der Waals surface area contributed by atoms with Gasteiger partial charge in [0.05, 0.1) is 6.54 Å². The van der Waals surface area contributed by atoms with Gasteiger partial charge in [0.15, 0.2) is 17.6 Å². The molecular formula is C16H20N4O3S. The van der Waals surface area contributed by atoms with Crippen LogP contribution < -0.4 is 14.8 Å². The second-order valence-electron chi connectivity index (χ2n) is 5.91. The normalized spacial score (nSPS) is 16.1. The summed E-state index contributed by atoms with van der Waals surface area (Å²) in [5.74, 6) is 1.72. The lowest BCUT2D eigenvalue weighted by Gasteiger charge is -2.29. The fourth-order valence-electron chi connectivity index (χ4n) is 2.25. The Morgan fingerprint density at radius 2 is 2.12 bits per heavy atom. The van der Waals surface area contributed by atoms with Crippen molar-refractivity contribution >= 4 is 22.5 Å². The number of rotatable bonds is 4. The molecule has 0 saturated carbocycles. The van der Waals surface area contributed by atoms with E-state index in [1.165, 1.54) is 11.3 Å². The summed E-state index contributed by atoms with van der Waals surface area (Å²) in [5, 5.41) is 12.2. The number of nitrogens with zero attached hydrogens (tertiary/aromatic N) is 3. The molecule has 24 heavy (non-hydrogen) atoms. The van der Waals surface area contributed by atoms with E-state index >= 15 is 0 Å². The zero-order valence-electron chi connectivity index (χ0n) is 13.9. The maximum absolute atomic E-state index is 12.3. The van der Waals surface area contributed by atoms with Crippen molar-refractivity contribution in [1.29, 1.82) is 0 Å². The number of carbonyl (C=O) groups excluding carboxylic acids is 1. The van der Waals surface area contributed by atoms with Crippen LogP contribution in [-0.4, -0.2) is 47.4 Å². The van der Waals surface area contributed by atoms with Crippen LogP contribution in [0.15, 0.2) is 24.3 Å². The number of likely N-dealkylation sites (N-methyl/N-ethyl adjacent to an activating group) is 1. The Bertz CT molecular complexity index is 719. The van der Waals surface area contributed by atoms with E-state index in [-0.39, 0.29) is 12.1 Å². The van der Waals surface area contributed by atoms with Crippen LogP contribution in [-0.2, 0) is 0 Å². The Kier molecular flexibility index (Phi) is 4.84. The minimum absolute atomic E-state index is 0.212. The van der Waals surface area contributed by atoms with Crippen molar-refractivity contribution in [3.8, 4) is 11.5 Å². The Morgan fingerprint density at radius 1 is 1.38 bits per heavy atom. The van der Waals surface area contributed by atoms with Gasteiger partial charge in [-0.2, -0.15) is 0 Å². The lowest BCUT2D eigenvalue weighted by molar-refractivity contribution is 0.0731. The molecule has 0 saturated heterocycles. The standard InChI is InChI=1S/C16H20N4O3S/c1-10(2)14-18-19-15(24-14)17-16(21)20(3)8-11-9-22-12-6-4-5-7-13(12)23-11/h4-7,10-11H,8-9H2,1-3H3,(H,17,19,21). The average Bonchev–Trinajstić information content (AvgIpc) is 3.03. The molecule has 2 heterocycles. The summed E-state index contributed by atoms with van der Waals surface area (Å²) in [6, 6.07) is 7.27. The molecule has 1 N–H and O–H groups in total. The molecule has 128 valence electrons. The monoisotopic (exact) mass is 348 g/mol. The molecule has 0 radical (unpaired) electrons. The molecule has 0 aliphatic carbocycles. The number of carbonyl (C=O) groups is 1. The van der Waals surface area contributed by atoms with Crippen LogP contribution in [0.1, 0.15) is 24.8 Å². The summed E-state index contributed by atoms with van der Waals surface area (Å²) >= 11 is 1.39. The first-order valence-corrected chi connectivity index (χ1v) is 8.58. The predicted molar refractivity (Wildman–Crippen MR) is 92.0 cm³/mol. The van der Waals surface area contributed by atoms with Crippen LogP contribution in [0.2, 0.25) is 0 Å². The number of nitrogens with one attached hydrogen (secondary N) is 1. The lowest BCUT2D eigenvalue weighted by Crippen LogP contribution is -2.43. The highest BCUT2D eigenvalue weighted by atomic mass is 32.1. The van der Waals surface area contributed by atoms with Crippen LogP contribution in [0.3, 0.4) is 0 Å². The van der Waals surface area contributed by atoms with Gasteiger partial charge >= 0.3 is 6.03 Å². The van der Waals surface area contributed by atoms with Gasteiger partial charge in [0.25, 0.3) is 0 Å². The smallest absolute Gasteiger partial charge is 0.323 e. The van der Waals surface area contributed by atoms with Gasteiger partial charge in [-0.15, -0.1) is 10.2 Å². The largest absolute Gasteiger partial charge is 0.486 e. The summed E-state index contributed by atoms with van der Waals surface area (Å²) in [6.45, 7) is 4.90. The van der Waals surface area contributed by atoms with E-state index in [0.717, 1.165) is 10.8 Å². The maximum atomic E-state index is 12.3. The number of para-hydroxylation sites is 2. The average molecular weight is 348 g/mol. The van der Waals surface area contributed by atoms with Gasteiger partial charge in [-0.05, 0) is 12.1 Å². The Morgan fingerprint density at radius 3 is 2.83 bits per heavy atom. The number of fused-ring (bicyclic) bond motifs is 1. The first-order chi connectivity index (χ1) is 11.5. The summed E-state index contributed by atoms with van der Waals surface area (Å²) < 4.78 is 11.5. The number of benzene rings is 1. The van der Waals surface area contributed by atoms with Gasteiger partial charge in [-0.25, -0.2) is 4.79 Å². The molecular weight excluding hydrogens is 328 g/mol. The van der Waals surface area contributed by atoms with Gasteiger partial charge in [-0.1, -0.05) is 37.3 Å². The van der Waals surface area contributed by atoms with E-state index in [1.807, 2.05) is 38.1 Å². The molecule has 0 spiro atoms. The number of anilines is 1. The van der Waals surface area contributed by atoms with E-state index in [0.29, 0.717) is 30.0 Å². The molecule has 0 bridgehead atoms. The molecule has 2 aromatic rings. The molecule has 2 amide bonds. The van der Waals surface area contributed by atoms with Crippen molar-refractivity contribution in [3.63, 3.8) is 0 Å². The van der Waals surface area contributed by atoms with Crippen molar-refractivity contribution in [2.24, 2.45) is 0 Å². The van der Waals surface area contributed by atoms with Crippen LogP contribution in [0.25, 0.3) is 0 Å². The molecule has 1 unspecified atom stereocenters. The lowest BCUT2D eigenvalue weighted by atomic mass is 10.2. The zero-order valence-corrected chi connectivity index (χ0v) is 14.7. The zero-order chi connectivity index (χ0) is 17.1. The number of aromatic nitrogens is 2. The highest BCUT2D eigenvalue weighted by Crippen LogP contribution is 2.31. The molecule has 7 nitrogen and oxygen atoms in total. The van der Waals surface area contributed by atoms with Crippen molar-refractivity contribution < 1.29 is 14.3 Å². The van der Waals surface area contributed by atoms with Crippen molar-refractivity contribution in [3.05, 3.63) is 29.3 Å². The molecule has 1 aromatic heterocycles. The quantitative estimate of drug-likeness (QED) is 0.919. The molecule has 1 atom stereocenters. The van der Waals surface area contributed by atoms with E-state index in [2.05, 4.69) is 15.5 Å². The minimum Gasteiger partial charge on any atom is -0.486 e. The number of hydrogen-bond acceptors (Lipinski definition) is 6. The first kappa shape index (κ1) is 16.5. The van der Waals surface area contributed by atoms with Crippen molar-refractivity contribution in [2.75, 3.05) is 25.5 Å². The summed E-state index contributed by atoms with van der Waals surface area (Å²) in [4.78, 5) is 13.8. The molecule has 1 aromatic carbocycles. The minimum atomic E-state index is -0.246. The van der Waals surface area contributed by atoms with Gasteiger partial charge in [0.1, 0.15) is 11.6 Å². The molecule has 1 aliphatic rings. The SMILES string of the molecule is CC(C)c1nnc(NC(=O)N(C)CC2COc3ccccc3O2)s1. The fourth-order valence-corrected chi connectivity index (χ4v) is 2.98. The Hall–Kier alpha value is -2.35. The van der Waals surface area contributed by atoms with Crippen LogP contribution in [0.4, 0.5) is 9.93 Å². The first-order valence-electron chi connectivity index (χ1n) is 7.77. The second kappa shape index (κ2) is 7.04. The fraction of sp³-hybridized carbons (Fsp3) is 0.438. The van der Waals surface area contributed by atoms with Gasteiger partial charge in [0.2, 0.25) is 5.13 Å². The van der Waals surface area contributed by atoms with Gasteiger partial charge in [0, 0.05) is 13.0 Å². The molecule has 1 aliphatic heterocycles. The third-order valence-electron chi connectivity index (χ3n) is 3.54. The molecule has 3 rings (SSSR count). The van der Waals surface area contributed by atoms with Crippen LogP contribution >= 0.6 is 11.3 Å². The van der Waals surface area contributed by atoms with Gasteiger partial charge < -0.3 is 14.4 Å². The van der Waals surface area contributed by atoms with E-state index in [1.54, 1.807) is 11.9 Å². The highest BCUT2D eigenvalue weighted by molar-refractivity contribution is 7.15. The van der Waals surface area contributed by atoms with E-state index in [9.17, 15) is 4.79 Å². The van der Waals surface area contributed by atoms with E-state index in [4.69, 9.17) is 9.47 Å². The van der Waals surface area contributed by atoms with Crippen molar-refractivity contribution in [2.45, 2.75) is 25.9 Å². The molecule has 0 fully saturated rings. The maximum Gasteiger partial charge on any atom is 0.323 e. The second-order valence-corrected chi connectivity index (χ2v) is 6.92. The predicted octanol–water partition coefficient (Wildman–Crippen LogP) is 2.97. The van der Waals surface area contributed by atoms with Crippen LogP contribution in [0, 0.1) is 0 Å². The number of ether oxygens (including phenoxy) is 2. The molecule has 8 heteroatoms. The third kappa shape index (κ3) is 3.76. The number of hydrogen-bond donors (Lipinski definition) is 1. The summed E-state index contributed by atoms with van der Waals surface area (Å²) in [6.07, 6.45) is -0.212. The van der Waals surface area contributed by atoms with E-state index < -0.39 is 0 Å². The summed E-state index contributed by atoms with van der Waals surface area (Å²) in [5.41, 5.74) is 0. The Balaban J connectivity index is 1.54. The number of amides is 2. The number of urea groups is 1.